The number of ether oxygens (including phenoxy) is 1. The Kier molecular flexibility index (Phi) is 3.63. The number of nitrogens with one attached hydrogen (secondary N) is 1. The van der Waals surface area contributed by atoms with Crippen LogP contribution < -0.4 is 11.0 Å². The lowest BCUT2D eigenvalue weighted by Crippen LogP contribution is -2.25. The molecule has 0 bridgehead atoms. The first-order valence-corrected chi connectivity index (χ1v) is 7.47. The van der Waals surface area contributed by atoms with E-state index >= 15 is 0 Å². The Labute approximate surface area is 124 Å². The zero-order chi connectivity index (χ0) is 15.1. The maximum Gasteiger partial charge on any atom is 0.328 e. The van der Waals surface area contributed by atoms with Crippen LogP contribution in [0.2, 0.25) is 0 Å². The molecule has 1 aliphatic rings. The summed E-state index contributed by atoms with van der Waals surface area (Å²) >= 11 is 0. The number of hydrogen-bond acceptors (Lipinski definition) is 3. The van der Waals surface area contributed by atoms with Crippen LogP contribution in [0.5, 0.6) is 0 Å². The Bertz CT molecular complexity index is 716. The first-order chi connectivity index (χ1) is 10.0. The molecule has 0 spiro atoms. The highest BCUT2D eigenvalue weighted by molar-refractivity contribution is 5.77. The summed E-state index contributed by atoms with van der Waals surface area (Å²) in [6.45, 7) is 2.91. The Morgan fingerprint density at radius 3 is 2.62 bits per heavy atom. The summed E-state index contributed by atoms with van der Waals surface area (Å²) in [5, 5.41) is 3.41. The van der Waals surface area contributed by atoms with Crippen molar-refractivity contribution in [1.82, 2.24) is 14.5 Å². The predicted molar refractivity (Wildman–Crippen MR) is 83.5 cm³/mol. The number of fused-ring (bicyclic) bond motifs is 1. The minimum Gasteiger partial charge on any atom is -0.378 e. The van der Waals surface area contributed by atoms with Gasteiger partial charge in [-0.1, -0.05) is 6.07 Å². The Hall–Kier alpha value is -1.59. The molecule has 1 N–H and O–H groups in total. The van der Waals surface area contributed by atoms with Crippen LogP contribution in [0.1, 0.15) is 24.9 Å². The standard InChI is InChI=1S/C16H23N3O2/c1-10-7-12(9-21-10)15(17-2)11-5-6-13-14(8-11)19(4)16(20)18(13)3/h5-6,8,10,12,15,17H,7,9H2,1-4H3. The van der Waals surface area contributed by atoms with Gasteiger partial charge in [-0.2, -0.15) is 0 Å². The monoisotopic (exact) mass is 289 g/mol. The molecule has 1 aliphatic heterocycles. The Balaban J connectivity index is 2.03. The van der Waals surface area contributed by atoms with Crippen LogP contribution in [0.15, 0.2) is 23.0 Å². The van der Waals surface area contributed by atoms with E-state index in [0.29, 0.717) is 12.0 Å². The quantitative estimate of drug-likeness (QED) is 0.933. The van der Waals surface area contributed by atoms with Gasteiger partial charge in [-0.15, -0.1) is 0 Å². The van der Waals surface area contributed by atoms with Crippen LogP contribution in [-0.4, -0.2) is 28.9 Å². The molecule has 0 radical (unpaired) electrons. The number of imidazole rings is 1. The van der Waals surface area contributed by atoms with Crippen LogP contribution >= 0.6 is 0 Å². The second kappa shape index (κ2) is 5.31. The van der Waals surface area contributed by atoms with Crippen LogP contribution in [0.3, 0.4) is 0 Å². The second-order valence-electron chi connectivity index (χ2n) is 6.05. The molecule has 2 aromatic rings. The summed E-state index contributed by atoms with van der Waals surface area (Å²) in [5.41, 5.74) is 3.18. The summed E-state index contributed by atoms with van der Waals surface area (Å²) in [5.74, 6) is 0.475. The molecule has 1 saturated heterocycles. The molecule has 21 heavy (non-hydrogen) atoms. The Morgan fingerprint density at radius 1 is 1.29 bits per heavy atom. The molecule has 0 saturated carbocycles. The molecular formula is C16H23N3O2. The van der Waals surface area contributed by atoms with Crippen LogP contribution in [0.4, 0.5) is 0 Å². The first-order valence-electron chi connectivity index (χ1n) is 7.47. The number of nitrogens with zero attached hydrogens (tertiary/aromatic N) is 2. The first kappa shape index (κ1) is 14.4. The Morgan fingerprint density at radius 2 is 2.00 bits per heavy atom. The van der Waals surface area contributed by atoms with E-state index in [1.807, 2.05) is 27.2 Å². The minimum atomic E-state index is 0.0148. The van der Waals surface area contributed by atoms with E-state index < -0.39 is 0 Å². The fourth-order valence-electron chi connectivity index (χ4n) is 3.47. The third-order valence-electron chi connectivity index (χ3n) is 4.67. The normalized spacial score (nSPS) is 23.8. The molecule has 5 heteroatoms. The molecule has 5 nitrogen and oxygen atoms in total. The van der Waals surface area contributed by atoms with Gasteiger partial charge in [-0.05, 0) is 38.1 Å². The SMILES string of the molecule is CNC(c1ccc2c(c1)n(C)c(=O)n2C)C1COC(C)C1. The maximum atomic E-state index is 12.0. The van der Waals surface area contributed by atoms with Gasteiger partial charge in [0.15, 0.2) is 0 Å². The number of hydrogen-bond donors (Lipinski definition) is 1. The van der Waals surface area contributed by atoms with Crippen LogP contribution in [-0.2, 0) is 18.8 Å². The van der Waals surface area contributed by atoms with Crippen molar-refractivity contribution in [2.75, 3.05) is 13.7 Å². The number of aromatic nitrogens is 2. The van der Waals surface area contributed by atoms with Gasteiger partial charge in [-0.25, -0.2) is 4.79 Å². The lowest BCUT2D eigenvalue weighted by Gasteiger charge is -2.22. The third-order valence-corrected chi connectivity index (χ3v) is 4.67. The molecule has 3 rings (SSSR count). The molecule has 3 unspecified atom stereocenters. The predicted octanol–water partition coefficient (Wildman–Crippen LogP) is 1.56. The van der Waals surface area contributed by atoms with Crippen LogP contribution in [0.25, 0.3) is 11.0 Å². The molecule has 3 atom stereocenters. The van der Waals surface area contributed by atoms with Crippen LogP contribution in [0, 0.1) is 5.92 Å². The zero-order valence-electron chi connectivity index (χ0n) is 13.1. The molecular weight excluding hydrogens is 266 g/mol. The minimum absolute atomic E-state index is 0.0148. The van der Waals surface area contributed by atoms with E-state index in [0.717, 1.165) is 24.1 Å². The van der Waals surface area contributed by atoms with E-state index in [9.17, 15) is 4.79 Å². The fraction of sp³-hybridized carbons (Fsp3) is 0.562. The molecule has 2 heterocycles. The van der Waals surface area contributed by atoms with Gasteiger partial charge < -0.3 is 10.1 Å². The lowest BCUT2D eigenvalue weighted by molar-refractivity contribution is 0.117. The van der Waals surface area contributed by atoms with E-state index in [1.54, 1.807) is 9.13 Å². The van der Waals surface area contributed by atoms with Crippen molar-refractivity contribution in [1.29, 1.82) is 0 Å². The van der Waals surface area contributed by atoms with E-state index in [1.165, 1.54) is 5.56 Å². The van der Waals surface area contributed by atoms with Gasteiger partial charge in [0, 0.05) is 26.1 Å². The third kappa shape index (κ3) is 2.30. The van der Waals surface area contributed by atoms with Gasteiger partial charge in [0.05, 0.1) is 23.7 Å². The highest BCUT2D eigenvalue weighted by Gasteiger charge is 2.30. The highest BCUT2D eigenvalue weighted by atomic mass is 16.5. The molecule has 1 fully saturated rings. The van der Waals surface area contributed by atoms with Crippen molar-refractivity contribution in [3.05, 3.63) is 34.2 Å². The molecule has 1 aromatic heterocycles. The zero-order valence-corrected chi connectivity index (χ0v) is 13.1. The van der Waals surface area contributed by atoms with Crippen molar-refractivity contribution in [3.63, 3.8) is 0 Å². The van der Waals surface area contributed by atoms with Gasteiger partial charge in [0.25, 0.3) is 0 Å². The average molecular weight is 289 g/mol. The van der Waals surface area contributed by atoms with E-state index in [4.69, 9.17) is 4.74 Å². The van der Waals surface area contributed by atoms with Crippen molar-refractivity contribution in [2.45, 2.75) is 25.5 Å². The topological polar surface area (TPSA) is 48.2 Å². The fourth-order valence-corrected chi connectivity index (χ4v) is 3.47. The lowest BCUT2D eigenvalue weighted by atomic mass is 9.91. The number of rotatable bonds is 3. The summed E-state index contributed by atoms with van der Waals surface area (Å²) in [4.78, 5) is 12.0. The van der Waals surface area contributed by atoms with E-state index in [2.05, 4.69) is 24.4 Å². The smallest absolute Gasteiger partial charge is 0.328 e. The molecule has 0 aliphatic carbocycles. The van der Waals surface area contributed by atoms with Crippen molar-refractivity contribution >= 4 is 11.0 Å². The van der Waals surface area contributed by atoms with Crippen molar-refractivity contribution < 1.29 is 4.74 Å². The molecule has 1 aromatic carbocycles. The summed E-state index contributed by atoms with van der Waals surface area (Å²) in [6, 6.07) is 6.54. The van der Waals surface area contributed by atoms with Gasteiger partial charge in [0.1, 0.15) is 0 Å². The second-order valence-corrected chi connectivity index (χ2v) is 6.05. The maximum absolute atomic E-state index is 12.0. The average Bonchev–Trinajstić information content (AvgIpc) is 2.99. The largest absolute Gasteiger partial charge is 0.378 e. The number of aryl methyl sites for hydroxylation is 2. The summed E-state index contributed by atoms with van der Waals surface area (Å²) in [6.07, 6.45) is 1.40. The van der Waals surface area contributed by atoms with Gasteiger partial charge >= 0.3 is 5.69 Å². The number of benzene rings is 1. The summed E-state index contributed by atoms with van der Waals surface area (Å²) in [7, 11) is 5.62. The van der Waals surface area contributed by atoms with Gasteiger partial charge in [0.2, 0.25) is 0 Å². The van der Waals surface area contributed by atoms with Crippen molar-refractivity contribution in [3.8, 4) is 0 Å². The summed E-state index contributed by atoms with van der Waals surface area (Å²) < 4.78 is 9.10. The van der Waals surface area contributed by atoms with Crippen molar-refractivity contribution in [2.24, 2.45) is 20.0 Å². The highest BCUT2D eigenvalue weighted by Crippen LogP contribution is 2.32. The van der Waals surface area contributed by atoms with E-state index in [-0.39, 0.29) is 11.7 Å². The van der Waals surface area contributed by atoms with Gasteiger partial charge in [-0.3, -0.25) is 9.13 Å². The molecule has 0 amide bonds. The molecule has 114 valence electrons.